The number of amides is 2. The summed E-state index contributed by atoms with van der Waals surface area (Å²) in [5, 5.41) is 0. The molecule has 0 bridgehead atoms. The van der Waals surface area contributed by atoms with Crippen LogP contribution >= 0.6 is 0 Å². The summed E-state index contributed by atoms with van der Waals surface area (Å²) in [6, 6.07) is 4.50. The smallest absolute Gasteiger partial charge is 0.229 e. The first kappa shape index (κ1) is 13.7. The van der Waals surface area contributed by atoms with Gasteiger partial charge in [0.15, 0.2) is 0 Å². The van der Waals surface area contributed by atoms with Crippen molar-refractivity contribution in [2.75, 3.05) is 0 Å². The SMILES string of the molecule is CC1CC(=O)N(Cc2ccc(F)c(CN)c2)C(=O)C1. The second kappa shape index (κ2) is 5.48. The number of benzene rings is 1. The van der Waals surface area contributed by atoms with Crippen LogP contribution in [0.15, 0.2) is 18.2 Å². The maximum absolute atomic E-state index is 13.3. The number of carbonyl (C=O) groups excluding carboxylic acids is 2. The highest BCUT2D eigenvalue weighted by Gasteiger charge is 2.30. The molecule has 2 rings (SSSR count). The number of imide groups is 1. The van der Waals surface area contributed by atoms with Gasteiger partial charge in [0, 0.05) is 24.9 Å². The molecule has 1 aromatic carbocycles. The Morgan fingerprint density at radius 3 is 2.53 bits per heavy atom. The number of nitrogens with two attached hydrogens (primary N) is 1. The van der Waals surface area contributed by atoms with Crippen LogP contribution < -0.4 is 5.73 Å². The fourth-order valence-electron chi connectivity index (χ4n) is 2.27. The minimum Gasteiger partial charge on any atom is -0.326 e. The second-order valence-corrected chi connectivity index (χ2v) is 5.02. The zero-order chi connectivity index (χ0) is 14.0. The van der Waals surface area contributed by atoms with Crippen molar-refractivity contribution in [1.29, 1.82) is 0 Å². The molecule has 4 nitrogen and oxygen atoms in total. The van der Waals surface area contributed by atoms with Gasteiger partial charge in [-0.3, -0.25) is 14.5 Å². The lowest BCUT2D eigenvalue weighted by Gasteiger charge is -2.28. The van der Waals surface area contributed by atoms with Crippen molar-refractivity contribution in [3.63, 3.8) is 0 Å². The van der Waals surface area contributed by atoms with Crippen molar-refractivity contribution >= 4 is 11.8 Å². The molecular weight excluding hydrogens is 247 g/mol. The van der Waals surface area contributed by atoms with Gasteiger partial charge in [0.2, 0.25) is 11.8 Å². The molecule has 0 aromatic heterocycles. The van der Waals surface area contributed by atoms with E-state index in [1.165, 1.54) is 11.0 Å². The first-order valence-corrected chi connectivity index (χ1v) is 6.32. The number of rotatable bonds is 3. The molecular formula is C14H17FN2O2. The van der Waals surface area contributed by atoms with Crippen molar-refractivity contribution < 1.29 is 14.0 Å². The monoisotopic (exact) mass is 264 g/mol. The van der Waals surface area contributed by atoms with Gasteiger partial charge in [-0.25, -0.2) is 4.39 Å². The molecule has 1 aliphatic rings. The van der Waals surface area contributed by atoms with E-state index < -0.39 is 0 Å². The van der Waals surface area contributed by atoms with Crippen molar-refractivity contribution in [1.82, 2.24) is 4.90 Å². The molecule has 102 valence electrons. The van der Waals surface area contributed by atoms with E-state index in [-0.39, 0.29) is 36.6 Å². The minimum atomic E-state index is -0.365. The first-order chi connectivity index (χ1) is 9.01. The maximum atomic E-state index is 13.3. The number of piperidine rings is 1. The third-order valence-electron chi connectivity index (χ3n) is 3.32. The standard InChI is InChI=1S/C14H17FN2O2/c1-9-4-13(18)17(14(19)5-9)8-10-2-3-12(15)11(6-10)7-16/h2-3,6,9H,4-5,7-8,16H2,1H3. The van der Waals surface area contributed by atoms with Gasteiger partial charge in [-0.1, -0.05) is 13.0 Å². The van der Waals surface area contributed by atoms with Gasteiger partial charge in [0.05, 0.1) is 6.54 Å². The van der Waals surface area contributed by atoms with Crippen LogP contribution in [-0.2, 0) is 22.7 Å². The second-order valence-electron chi connectivity index (χ2n) is 5.02. The van der Waals surface area contributed by atoms with Crippen LogP contribution in [0, 0.1) is 11.7 Å². The Hall–Kier alpha value is -1.75. The summed E-state index contributed by atoms with van der Waals surface area (Å²) in [6.07, 6.45) is 0.771. The number of nitrogens with zero attached hydrogens (tertiary/aromatic N) is 1. The molecule has 0 saturated carbocycles. The van der Waals surface area contributed by atoms with E-state index in [4.69, 9.17) is 5.73 Å². The normalized spacial score (nSPS) is 17.1. The predicted octanol–water partition coefficient (Wildman–Crippen LogP) is 1.57. The summed E-state index contributed by atoms with van der Waals surface area (Å²) in [7, 11) is 0. The molecule has 0 radical (unpaired) electrons. The van der Waals surface area contributed by atoms with Crippen molar-refractivity contribution in [2.45, 2.75) is 32.9 Å². The number of hydrogen-bond donors (Lipinski definition) is 1. The molecule has 5 heteroatoms. The molecule has 1 fully saturated rings. The molecule has 0 spiro atoms. The lowest BCUT2D eigenvalue weighted by atomic mass is 9.97. The molecule has 0 unspecified atom stereocenters. The number of carbonyl (C=O) groups is 2. The molecule has 2 N–H and O–H groups in total. The zero-order valence-electron chi connectivity index (χ0n) is 10.9. The predicted molar refractivity (Wildman–Crippen MR) is 68.2 cm³/mol. The van der Waals surface area contributed by atoms with Gasteiger partial charge in [-0.05, 0) is 23.6 Å². The van der Waals surface area contributed by atoms with Crippen LogP contribution in [0.5, 0.6) is 0 Å². The van der Waals surface area contributed by atoms with Crippen LogP contribution in [0.4, 0.5) is 4.39 Å². The first-order valence-electron chi connectivity index (χ1n) is 6.32. The fraction of sp³-hybridized carbons (Fsp3) is 0.429. The number of hydrogen-bond acceptors (Lipinski definition) is 3. The highest BCUT2D eigenvalue weighted by molar-refractivity contribution is 5.97. The summed E-state index contributed by atoms with van der Waals surface area (Å²) in [5.41, 5.74) is 6.55. The summed E-state index contributed by atoms with van der Waals surface area (Å²) >= 11 is 0. The van der Waals surface area contributed by atoms with Crippen LogP contribution in [0.3, 0.4) is 0 Å². The summed E-state index contributed by atoms with van der Waals surface area (Å²) < 4.78 is 13.3. The molecule has 0 atom stereocenters. The lowest BCUT2D eigenvalue weighted by Crippen LogP contribution is -2.42. The Labute approximate surface area is 111 Å². The molecule has 0 aliphatic carbocycles. The molecule has 1 heterocycles. The van der Waals surface area contributed by atoms with E-state index in [2.05, 4.69) is 0 Å². The van der Waals surface area contributed by atoms with Crippen molar-refractivity contribution in [3.05, 3.63) is 35.1 Å². The third kappa shape index (κ3) is 2.98. The summed E-state index contributed by atoms with van der Waals surface area (Å²) in [6.45, 7) is 2.17. The van der Waals surface area contributed by atoms with Gasteiger partial charge in [0.1, 0.15) is 5.82 Å². The Morgan fingerprint density at radius 2 is 1.95 bits per heavy atom. The van der Waals surface area contributed by atoms with E-state index in [9.17, 15) is 14.0 Å². The van der Waals surface area contributed by atoms with Crippen LogP contribution in [0.25, 0.3) is 0 Å². The highest BCUT2D eigenvalue weighted by atomic mass is 19.1. The molecule has 1 aliphatic heterocycles. The summed E-state index contributed by atoms with van der Waals surface area (Å²) in [4.78, 5) is 24.9. The quantitative estimate of drug-likeness (QED) is 0.843. The Balaban J connectivity index is 2.16. The van der Waals surface area contributed by atoms with Gasteiger partial charge < -0.3 is 5.73 Å². The highest BCUT2D eigenvalue weighted by Crippen LogP contribution is 2.21. The molecule has 1 saturated heterocycles. The van der Waals surface area contributed by atoms with Gasteiger partial charge in [0.25, 0.3) is 0 Å². The van der Waals surface area contributed by atoms with Gasteiger partial charge >= 0.3 is 0 Å². The minimum absolute atomic E-state index is 0.0958. The topological polar surface area (TPSA) is 63.4 Å². The van der Waals surface area contributed by atoms with E-state index >= 15 is 0 Å². The average molecular weight is 264 g/mol. The van der Waals surface area contributed by atoms with E-state index in [0.29, 0.717) is 18.4 Å². The van der Waals surface area contributed by atoms with Crippen LogP contribution in [0.2, 0.25) is 0 Å². The average Bonchev–Trinajstić information content (AvgIpc) is 2.35. The Morgan fingerprint density at radius 1 is 1.32 bits per heavy atom. The summed E-state index contributed by atoms with van der Waals surface area (Å²) in [5.74, 6) is -0.593. The fourth-order valence-corrected chi connectivity index (χ4v) is 2.27. The lowest BCUT2D eigenvalue weighted by molar-refractivity contribution is -0.150. The third-order valence-corrected chi connectivity index (χ3v) is 3.32. The zero-order valence-corrected chi connectivity index (χ0v) is 10.9. The van der Waals surface area contributed by atoms with Crippen LogP contribution in [-0.4, -0.2) is 16.7 Å². The van der Waals surface area contributed by atoms with Crippen LogP contribution in [0.1, 0.15) is 30.9 Å². The Bertz CT molecular complexity index is 498. The van der Waals surface area contributed by atoms with Crippen molar-refractivity contribution in [2.24, 2.45) is 11.7 Å². The van der Waals surface area contributed by atoms with E-state index in [1.54, 1.807) is 12.1 Å². The number of halogens is 1. The number of likely N-dealkylation sites (tertiary alicyclic amines) is 1. The van der Waals surface area contributed by atoms with E-state index in [1.807, 2.05) is 6.92 Å². The largest absolute Gasteiger partial charge is 0.326 e. The maximum Gasteiger partial charge on any atom is 0.229 e. The molecule has 1 aromatic rings. The van der Waals surface area contributed by atoms with Gasteiger partial charge in [-0.15, -0.1) is 0 Å². The van der Waals surface area contributed by atoms with Gasteiger partial charge in [-0.2, -0.15) is 0 Å². The molecule has 19 heavy (non-hydrogen) atoms. The Kier molecular flexibility index (Phi) is 3.95. The van der Waals surface area contributed by atoms with Crippen molar-refractivity contribution in [3.8, 4) is 0 Å². The van der Waals surface area contributed by atoms with E-state index in [0.717, 1.165) is 5.56 Å². The molecule has 2 amide bonds.